The second-order valence-electron chi connectivity index (χ2n) is 3.88. The van der Waals surface area contributed by atoms with Crippen LogP contribution in [0, 0.1) is 0 Å². The van der Waals surface area contributed by atoms with Gasteiger partial charge in [-0.2, -0.15) is 0 Å². The summed E-state index contributed by atoms with van der Waals surface area (Å²) in [5.74, 6) is 0.221. The molecule has 0 aromatic heterocycles. The summed E-state index contributed by atoms with van der Waals surface area (Å²) in [7, 11) is 0. The van der Waals surface area contributed by atoms with E-state index in [2.05, 4.69) is 4.74 Å². The average molecular weight is 283 g/mol. The van der Waals surface area contributed by atoms with Gasteiger partial charge in [0, 0.05) is 6.08 Å². The van der Waals surface area contributed by atoms with Crippen LogP contribution < -0.4 is 9.47 Å². The fraction of sp³-hybridized carbons (Fsp3) is 0.231. The molecule has 100 valence electrons. The molecule has 0 radical (unpaired) electrons. The molecule has 0 atom stereocenters. The van der Waals surface area contributed by atoms with Crippen molar-refractivity contribution in [3.8, 4) is 11.5 Å². The van der Waals surface area contributed by atoms with Gasteiger partial charge in [0.1, 0.15) is 6.61 Å². The van der Waals surface area contributed by atoms with Crippen LogP contribution in [0.2, 0.25) is 5.02 Å². The van der Waals surface area contributed by atoms with Crippen LogP contribution >= 0.6 is 11.6 Å². The van der Waals surface area contributed by atoms with E-state index in [9.17, 15) is 9.59 Å². The van der Waals surface area contributed by atoms with Crippen molar-refractivity contribution in [2.24, 2.45) is 0 Å². The van der Waals surface area contributed by atoms with Crippen molar-refractivity contribution in [1.82, 2.24) is 0 Å². The first kappa shape index (κ1) is 13.4. The number of hydrogen-bond donors (Lipinski definition) is 0. The predicted molar refractivity (Wildman–Crippen MR) is 68.2 cm³/mol. The molecule has 1 aromatic rings. The standard InChI is InChI=1S/C13H11ClO5/c1-8(15)6-17-12(16)3-2-9-4-10(14)13-11(5-9)18-7-19-13/h2-5H,6-7H2,1H3/b3-2+. The summed E-state index contributed by atoms with van der Waals surface area (Å²) in [6.45, 7) is 1.24. The number of ketones is 1. The monoisotopic (exact) mass is 282 g/mol. The van der Waals surface area contributed by atoms with Crippen LogP contribution in [-0.4, -0.2) is 25.2 Å². The normalized spacial score (nSPS) is 12.7. The highest BCUT2D eigenvalue weighted by Crippen LogP contribution is 2.39. The summed E-state index contributed by atoms with van der Waals surface area (Å²) in [6, 6.07) is 3.34. The smallest absolute Gasteiger partial charge is 0.331 e. The Morgan fingerprint density at radius 2 is 2.21 bits per heavy atom. The fourth-order valence-corrected chi connectivity index (χ4v) is 1.74. The lowest BCUT2D eigenvalue weighted by Gasteiger charge is -2.01. The number of fused-ring (bicyclic) bond motifs is 1. The van der Waals surface area contributed by atoms with E-state index in [-0.39, 0.29) is 19.2 Å². The number of esters is 1. The Labute approximate surface area is 114 Å². The highest BCUT2D eigenvalue weighted by atomic mass is 35.5. The van der Waals surface area contributed by atoms with Gasteiger partial charge < -0.3 is 14.2 Å². The number of hydrogen-bond acceptors (Lipinski definition) is 5. The Bertz CT molecular complexity index is 550. The summed E-state index contributed by atoms with van der Waals surface area (Å²) < 4.78 is 15.1. The summed E-state index contributed by atoms with van der Waals surface area (Å²) in [6.07, 6.45) is 2.74. The molecule has 0 saturated heterocycles. The van der Waals surface area contributed by atoms with Gasteiger partial charge in [-0.1, -0.05) is 11.6 Å². The summed E-state index contributed by atoms with van der Waals surface area (Å²) in [5.41, 5.74) is 0.675. The minimum absolute atomic E-state index is 0.128. The maximum Gasteiger partial charge on any atom is 0.331 e. The molecule has 0 saturated carbocycles. The Morgan fingerprint density at radius 3 is 2.95 bits per heavy atom. The zero-order valence-electron chi connectivity index (χ0n) is 10.1. The third kappa shape index (κ3) is 3.48. The van der Waals surface area contributed by atoms with Gasteiger partial charge >= 0.3 is 5.97 Å². The van der Waals surface area contributed by atoms with Crippen molar-refractivity contribution in [3.63, 3.8) is 0 Å². The van der Waals surface area contributed by atoms with Crippen molar-refractivity contribution in [1.29, 1.82) is 0 Å². The van der Waals surface area contributed by atoms with E-state index < -0.39 is 5.97 Å². The van der Waals surface area contributed by atoms with Gasteiger partial charge in [0.2, 0.25) is 6.79 Å². The highest BCUT2D eigenvalue weighted by molar-refractivity contribution is 6.32. The first-order valence-electron chi connectivity index (χ1n) is 5.49. The molecule has 1 aromatic carbocycles. The predicted octanol–water partition coefficient (Wildman–Crippen LogP) is 2.21. The van der Waals surface area contributed by atoms with Crippen LogP contribution in [0.5, 0.6) is 11.5 Å². The maximum atomic E-state index is 11.3. The van der Waals surface area contributed by atoms with Crippen molar-refractivity contribution < 1.29 is 23.8 Å². The van der Waals surface area contributed by atoms with E-state index in [0.29, 0.717) is 22.1 Å². The van der Waals surface area contributed by atoms with E-state index in [0.717, 1.165) is 0 Å². The number of rotatable bonds is 4. The fourth-order valence-electron chi connectivity index (χ4n) is 1.47. The molecule has 0 unspecified atom stereocenters. The Morgan fingerprint density at radius 1 is 1.42 bits per heavy atom. The lowest BCUT2D eigenvalue weighted by Crippen LogP contribution is -2.08. The number of halogens is 1. The number of ether oxygens (including phenoxy) is 3. The van der Waals surface area contributed by atoms with Gasteiger partial charge in [-0.15, -0.1) is 0 Å². The van der Waals surface area contributed by atoms with E-state index >= 15 is 0 Å². The zero-order chi connectivity index (χ0) is 13.8. The number of Topliss-reactive ketones (excluding diaryl/α,β-unsaturated/α-hetero) is 1. The third-order valence-corrected chi connectivity index (χ3v) is 2.56. The van der Waals surface area contributed by atoms with Gasteiger partial charge in [-0.25, -0.2) is 4.79 Å². The first-order valence-corrected chi connectivity index (χ1v) is 5.87. The molecule has 0 N–H and O–H groups in total. The zero-order valence-corrected chi connectivity index (χ0v) is 10.9. The molecule has 6 heteroatoms. The topological polar surface area (TPSA) is 61.8 Å². The van der Waals surface area contributed by atoms with Crippen molar-refractivity contribution in [2.45, 2.75) is 6.92 Å². The van der Waals surface area contributed by atoms with E-state index in [1.165, 1.54) is 19.1 Å². The largest absolute Gasteiger partial charge is 0.455 e. The second kappa shape index (κ2) is 5.75. The van der Waals surface area contributed by atoms with Crippen LogP contribution in [0.3, 0.4) is 0 Å². The second-order valence-corrected chi connectivity index (χ2v) is 4.29. The summed E-state index contributed by atoms with van der Waals surface area (Å²) in [4.78, 5) is 21.9. The van der Waals surface area contributed by atoms with Crippen LogP contribution in [0.25, 0.3) is 6.08 Å². The van der Waals surface area contributed by atoms with Crippen LogP contribution in [0.4, 0.5) is 0 Å². The molecule has 1 heterocycles. The minimum atomic E-state index is -0.594. The molecule has 0 amide bonds. The highest BCUT2D eigenvalue weighted by Gasteiger charge is 2.17. The molecule has 1 aliphatic heterocycles. The summed E-state index contributed by atoms with van der Waals surface area (Å²) in [5, 5.41) is 0.409. The molecular formula is C13H11ClO5. The quantitative estimate of drug-likeness (QED) is 0.626. The van der Waals surface area contributed by atoms with Crippen LogP contribution in [0.1, 0.15) is 12.5 Å². The van der Waals surface area contributed by atoms with E-state index in [1.807, 2.05) is 0 Å². The third-order valence-electron chi connectivity index (χ3n) is 2.28. The molecule has 0 spiro atoms. The van der Waals surface area contributed by atoms with Crippen molar-refractivity contribution >= 4 is 29.4 Å². The number of carbonyl (C=O) groups is 2. The lowest BCUT2D eigenvalue weighted by atomic mass is 10.2. The molecule has 2 rings (SSSR count). The van der Waals surface area contributed by atoms with Crippen molar-refractivity contribution in [3.05, 3.63) is 28.8 Å². The Hall–Kier alpha value is -2.01. The molecule has 0 aliphatic carbocycles. The molecule has 0 bridgehead atoms. The van der Waals surface area contributed by atoms with Gasteiger partial charge in [-0.05, 0) is 30.7 Å². The number of benzene rings is 1. The van der Waals surface area contributed by atoms with Gasteiger partial charge in [-0.3, -0.25) is 4.79 Å². The molecule has 0 fully saturated rings. The Kier molecular flexibility index (Phi) is 4.06. The number of carbonyl (C=O) groups excluding carboxylic acids is 2. The summed E-state index contributed by atoms with van der Waals surface area (Å²) >= 11 is 5.99. The molecular weight excluding hydrogens is 272 g/mol. The molecule has 5 nitrogen and oxygen atoms in total. The van der Waals surface area contributed by atoms with Crippen LogP contribution in [-0.2, 0) is 14.3 Å². The van der Waals surface area contributed by atoms with Gasteiger partial charge in [0.15, 0.2) is 17.3 Å². The van der Waals surface area contributed by atoms with Gasteiger partial charge in [0.05, 0.1) is 5.02 Å². The average Bonchev–Trinajstić information content (AvgIpc) is 2.82. The molecule has 1 aliphatic rings. The van der Waals surface area contributed by atoms with E-state index in [4.69, 9.17) is 21.1 Å². The maximum absolute atomic E-state index is 11.3. The minimum Gasteiger partial charge on any atom is -0.455 e. The Balaban J connectivity index is 2.05. The van der Waals surface area contributed by atoms with E-state index in [1.54, 1.807) is 12.1 Å². The lowest BCUT2D eigenvalue weighted by molar-refractivity contribution is -0.142. The SMILES string of the molecule is CC(=O)COC(=O)/C=C/c1cc(Cl)c2c(c1)OCO2. The first-order chi connectivity index (χ1) is 9.06. The van der Waals surface area contributed by atoms with Crippen molar-refractivity contribution in [2.75, 3.05) is 13.4 Å². The van der Waals surface area contributed by atoms with Gasteiger partial charge in [0.25, 0.3) is 0 Å². The van der Waals surface area contributed by atoms with Crippen LogP contribution in [0.15, 0.2) is 18.2 Å². The molecule has 19 heavy (non-hydrogen) atoms.